The maximum Gasteiger partial charge on any atom is 0.324 e. The Bertz CT molecular complexity index is 1670. The Morgan fingerprint density at radius 2 is 1.82 bits per heavy atom. The van der Waals surface area contributed by atoms with Crippen molar-refractivity contribution in [3.8, 4) is 17.6 Å². The third-order valence-corrected chi connectivity index (χ3v) is 6.93. The highest BCUT2D eigenvalue weighted by atomic mass is 16.6. The van der Waals surface area contributed by atoms with Crippen LogP contribution in [-0.2, 0) is 16.0 Å². The number of anilines is 2. The summed E-state index contributed by atoms with van der Waals surface area (Å²) >= 11 is 0. The summed E-state index contributed by atoms with van der Waals surface area (Å²) in [6.07, 6.45) is -1.82. The highest BCUT2D eigenvalue weighted by Crippen LogP contribution is 2.32. The molecule has 4 atom stereocenters. The number of urea groups is 1. The summed E-state index contributed by atoms with van der Waals surface area (Å²) in [6, 6.07) is 16.3. The van der Waals surface area contributed by atoms with Gasteiger partial charge in [0.15, 0.2) is 29.3 Å². The largest absolute Gasteiger partial charge is 0.497 e. The maximum atomic E-state index is 12.9. The monoisotopic (exact) mass is 599 g/mol. The molecule has 13 nitrogen and oxygen atoms in total. The number of nitrogens with zero attached hydrogens (tertiary/aromatic N) is 4. The molecule has 0 spiro atoms. The van der Waals surface area contributed by atoms with Crippen LogP contribution >= 0.6 is 0 Å². The molecule has 0 bridgehead atoms. The van der Waals surface area contributed by atoms with Crippen LogP contribution in [0.3, 0.4) is 0 Å². The first-order valence-corrected chi connectivity index (χ1v) is 14.2. The molecule has 0 saturated carbocycles. The maximum absolute atomic E-state index is 12.9. The van der Waals surface area contributed by atoms with Gasteiger partial charge in [0.1, 0.15) is 18.0 Å². The van der Waals surface area contributed by atoms with Crippen molar-refractivity contribution in [2.75, 3.05) is 24.3 Å². The summed E-state index contributed by atoms with van der Waals surface area (Å²) in [6.45, 7) is 2.06. The third-order valence-electron chi connectivity index (χ3n) is 6.93. The molecule has 0 aliphatic carbocycles. The van der Waals surface area contributed by atoms with Gasteiger partial charge in [-0.3, -0.25) is 14.7 Å². The first-order valence-electron chi connectivity index (χ1n) is 14.2. The number of rotatable bonds is 9. The molecule has 3 heterocycles. The Balaban J connectivity index is 1.41. The SMILES string of the molecule is CCNC(=O)[C@H]1O[C@@H](n2cnc3c(NC(=O)Nc4ccc(OC)cc4)nc(C#CCCCc4ccccc4)nc32)[C@H](O)[C@@H]1O. The molecule has 44 heavy (non-hydrogen) atoms. The normalized spacial score (nSPS) is 19.2. The zero-order chi connectivity index (χ0) is 31.1. The van der Waals surface area contributed by atoms with E-state index in [0.29, 0.717) is 24.4 Å². The Morgan fingerprint density at radius 3 is 2.55 bits per heavy atom. The molecular formula is C31H33N7O6. The number of ether oxygens (including phenoxy) is 2. The van der Waals surface area contributed by atoms with E-state index in [4.69, 9.17) is 9.47 Å². The van der Waals surface area contributed by atoms with Gasteiger partial charge in [-0.2, -0.15) is 0 Å². The number of amides is 3. The number of methoxy groups -OCH3 is 1. The van der Waals surface area contributed by atoms with Crippen LogP contribution in [0.2, 0.25) is 0 Å². The Hall–Kier alpha value is -5.03. The zero-order valence-corrected chi connectivity index (χ0v) is 24.2. The van der Waals surface area contributed by atoms with Gasteiger partial charge in [-0.1, -0.05) is 36.3 Å². The number of aliphatic hydroxyl groups is 2. The van der Waals surface area contributed by atoms with Crippen LogP contribution in [-0.4, -0.2) is 73.6 Å². The lowest BCUT2D eigenvalue weighted by molar-refractivity contribution is -0.137. The Labute approximate surface area is 253 Å². The van der Waals surface area contributed by atoms with Gasteiger partial charge in [0.2, 0.25) is 5.82 Å². The van der Waals surface area contributed by atoms with Crippen LogP contribution in [0.5, 0.6) is 5.75 Å². The molecule has 228 valence electrons. The van der Waals surface area contributed by atoms with Gasteiger partial charge in [0, 0.05) is 18.7 Å². The van der Waals surface area contributed by atoms with Crippen molar-refractivity contribution in [1.29, 1.82) is 0 Å². The number of aliphatic hydroxyl groups excluding tert-OH is 2. The number of carbonyl (C=O) groups excluding carboxylic acids is 2. The van der Waals surface area contributed by atoms with E-state index in [9.17, 15) is 19.8 Å². The molecule has 0 radical (unpaired) electrons. The van der Waals surface area contributed by atoms with Crippen molar-refractivity contribution in [2.24, 2.45) is 0 Å². The number of nitrogens with one attached hydrogen (secondary N) is 3. The lowest BCUT2D eigenvalue weighted by atomic mass is 10.1. The Morgan fingerprint density at radius 1 is 1.05 bits per heavy atom. The summed E-state index contributed by atoms with van der Waals surface area (Å²) in [7, 11) is 1.55. The van der Waals surface area contributed by atoms with Crippen molar-refractivity contribution in [1.82, 2.24) is 24.8 Å². The summed E-state index contributed by atoms with van der Waals surface area (Å²) in [5.74, 6) is 6.30. The standard InChI is InChI=1S/C31H33N7O6/c1-3-32-29(41)26-24(39)25(40)30(44-26)38-18-33-23-27(37-31(42)34-20-14-16-21(43-2)17-15-20)35-22(36-28(23)38)13-9-5-8-12-19-10-6-4-7-11-19/h4,6-7,10-11,14-18,24-26,30,39-40H,3,5,8,12H2,1-2H3,(H,32,41)(H2,34,35,36,37,42)/t24-,25+,26-,30+/m0/s1. The van der Waals surface area contributed by atoms with Crippen molar-refractivity contribution >= 4 is 34.6 Å². The first-order chi connectivity index (χ1) is 21.4. The van der Waals surface area contributed by atoms with Gasteiger partial charge < -0.3 is 30.3 Å². The van der Waals surface area contributed by atoms with Gasteiger partial charge in [0.25, 0.3) is 5.91 Å². The smallest absolute Gasteiger partial charge is 0.324 e. The van der Waals surface area contributed by atoms with Crippen LogP contribution in [0.1, 0.15) is 37.4 Å². The van der Waals surface area contributed by atoms with Crippen molar-refractivity contribution in [2.45, 2.75) is 50.7 Å². The molecule has 5 N–H and O–H groups in total. The number of aromatic nitrogens is 4. The number of carbonyl (C=O) groups is 2. The van der Waals surface area contributed by atoms with Crippen LogP contribution < -0.4 is 20.7 Å². The van der Waals surface area contributed by atoms with E-state index in [-0.39, 0.29) is 22.8 Å². The quantitative estimate of drug-likeness (QED) is 0.143. The van der Waals surface area contributed by atoms with E-state index in [1.807, 2.05) is 18.2 Å². The number of hydrogen-bond acceptors (Lipinski definition) is 9. The predicted octanol–water partition coefficient (Wildman–Crippen LogP) is 2.61. The molecule has 0 unspecified atom stereocenters. The molecular weight excluding hydrogens is 566 g/mol. The van der Waals surface area contributed by atoms with E-state index >= 15 is 0 Å². The lowest BCUT2D eigenvalue weighted by Gasteiger charge is -2.16. The highest BCUT2D eigenvalue weighted by Gasteiger charge is 2.47. The minimum Gasteiger partial charge on any atom is -0.497 e. The van der Waals surface area contributed by atoms with Gasteiger partial charge in [-0.25, -0.2) is 19.7 Å². The topological polar surface area (TPSA) is 173 Å². The minimum absolute atomic E-state index is 0.0710. The molecule has 13 heteroatoms. The van der Waals surface area contributed by atoms with E-state index < -0.39 is 36.5 Å². The fourth-order valence-corrected chi connectivity index (χ4v) is 4.74. The van der Waals surface area contributed by atoms with Crippen LogP contribution in [0.25, 0.3) is 11.2 Å². The predicted molar refractivity (Wildman–Crippen MR) is 162 cm³/mol. The summed E-state index contributed by atoms with van der Waals surface area (Å²) in [4.78, 5) is 38.7. The van der Waals surface area contributed by atoms with Gasteiger partial charge in [-0.15, -0.1) is 0 Å². The van der Waals surface area contributed by atoms with Crippen molar-refractivity contribution in [3.05, 3.63) is 72.3 Å². The fourth-order valence-electron chi connectivity index (χ4n) is 4.74. The van der Waals surface area contributed by atoms with Crippen LogP contribution in [0, 0.1) is 11.8 Å². The van der Waals surface area contributed by atoms with Crippen molar-refractivity contribution in [3.63, 3.8) is 0 Å². The number of aryl methyl sites for hydroxylation is 1. The molecule has 5 rings (SSSR count). The second-order valence-corrected chi connectivity index (χ2v) is 9.99. The van der Waals surface area contributed by atoms with Gasteiger partial charge in [-0.05, 0) is 55.5 Å². The van der Waals surface area contributed by atoms with Crippen LogP contribution in [0.4, 0.5) is 16.3 Å². The number of imidazole rings is 1. The van der Waals surface area contributed by atoms with Crippen molar-refractivity contribution < 1.29 is 29.3 Å². The molecule has 2 aromatic heterocycles. The van der Waals surface area contributed by atoms with E-state index in [1.54, 1.807) is 38.3 Å². The molecule has 1 aliphatic rings. The first kappa shape index (κ1) is 30.4. The highest BCUT2D eigenvalue weighted by molar-refractivity contribution is 6.03. The minimum atomic E-state index is -1.48. The average molecular weight is 600 g/mol. The number of likely N-dealkylation sites (N-methyl/N-ethyl adjacent to an activating group) is 1. The number of benzene rings is 2. The van der Waals surface area contributed by atoms with E-state index in [0.717, 1.165) is 12.8 Å². The summed E-state index contributed by atoms with van der Waals surface area (Å²) < 4.78 is 12.3. The third kappa shape index (κ3) is 6.95. The second kappa shape index (κ2) is 14.0. The molecule has 1 saturated heterocycles. The fraction of sp³-hybridized carbons (Fsp3) is 0.323. The molecule has 1 aliphatic heterocycles. The summed E-state index contributed by atoms with van der Waals surface area (Å²) in [5, 5.41) is 29.4. The molecule has 1 fully saturated rings. The van der Waals surface area contributed by atoms with E-state index in [1.165, 1.54) is 16.5 Å². The molecule has 3 amide bonds. The number of hydrogen-bond donors (Lipinski definition) is 5. The number of unbranched alkanes of at least 4 members (excludes halogenated alkanes) is 1. The Kier molecular flexibility index (Phi) is 9.65. The average Bonchev–Trinajstić information content (AvgIpc) is 3.58. The summed E-state index contributed by atoms with van der Waals surface area (Å²) in [5.41, 5.74) is 2.11. The molecule has 2 aromatic carbocycles. The zero-order valence-electron chi connectivity index (χ0n) is 24.2. The van der Waals surface area contributed by atoms with Gasteiger partial charge >= 0.3 is 6.03 Å². The number of fused-ring (bicyclic) bond motifs is 1. The van der Waals surface area contributed by atoms with E-state index in [2.05, 4.69) is 54.9 Å². The molecule has 4 aromatic rings. The second-order valence-electron chi connectivity index (χ2n) is 9.99. The lowest BCUT2D eigenvalue weighted by Crippen LogP contribution is -2.42. The van der Waals surface area contributed by atoms with Gasteiger partial charge in [0.05, 0.1) is 13.4 Å². The van der Waals surface area contributed by atoms with Crippen LogP contribution in [0.15, 0.2) is 60.9 Å².